The maximum atomic E-state index is 17.0. The van der Waals surface area contributed by atoms with Gasteiger partial charge < -0.3 is 29.6 Å². The van der Waals surface area contributed by atoms with Crippen molar-refractivity contribution in [3.05, 3.63) is 47.9 Å². The Labute approximate surface area is 286 Å². The minimum absolute atomic E-state index is 0.0534. The van der Waals surface area contributed by atoms with Crippen LogP contribution in [0.4, 0.5) is 15.0 Å². The average molecular weight is 675 g/mol. The smallest absolute Gasteiger partial charge is 0.410 e. The Hall–Kier alpha value is -4.29. The molecule has 2 aromatic carbocycles. The van der Waals surface area contributed by atoms with Crippen LogP contribution >= 0.6 is 0 Å². The highest BCUT2D eigenvalue weighted by Gasteiger charge is 2.45. The molecule has 4 heterocycles. The fraction of sp³-hybridized carbons (Fsp3) is 0.514. The highest BCUT2D eigenvalue weighted by atomic mass is 19.1. The number of fused-ring (bicyclic) bond motifs is 4. The predicted octanol–water partition coefficient (Wildman–Crippen LogP) is 6.63. The molecule has 11 nitrogen and oxygen atoms in total. The topological polar surface area (TPSA) is 125 Å². The lowest BCUT2D eigenvalue weighted by Gasteiger charge is -2.42. The first kappa shape index (κ1) is 34.6. The van der Waals surface area contributed by atoms with Crippen molar-refractivity contribution < 1.29 is 28.1 Å². The van der Waals surface area contributed by atoms with Gasteiger partial charge in [0.25, 0.3) is 0 Å². The van der Waals surface area contributed by atoms with Crippen LogP contribution in [-0.2, 0) is 15.9 Å². The summed E-state index contributed by atoms with van der Waals surface area (Å²) in [4.78, 5) is 31.3. The van der Waals surface area contributed by atoms with Gasteiger partial charge in [0.1, 0.15) is 28.4 Å². The van der Waals surface area contributed by atoms with E-state index in [0.717, 1.165) is 54.9 Å². The Morgan fingerprint density at radius 2 is 1.84 bits per heavy atom. The first-order valence-corrected chi connectivity index (χ1v) is 17.2. The Morgan fingerprint density at radius 3 is 2.53 bits per heavy atom. The molecule has 4 aromatic rings. The Morgan fingerprint density at radius 1 is 1.06 bits per heavy atom. The van der Waals surface area contributed by atoms with Crippen molar-refractivity contribution in [2.75, 3.05) is 45.0 Å². The van der Waals surface area contributed by atoms with E-state index < -0.39 is 11.4 Å². The number of amides is 1. The van der Waals surface area contributed by atoms with Crippen molar-refractivity contribution in [3.8, 4) is 23.0 Å². The quantitative estimate of drug-likeness (QED) is 0.129. The lowest BCUT2D eigenvalue weighted by atomic mass is 9.95. The van der Waals surface area contributed by atoms with Crippen molar-refractivity contribution >= 4 is 33.6 Å². The zero-order valence-corrected chi connectivity index (χ0v) is 29.1. The van der Waals surface area contributed by atoms with Crippen molar-refractivity contribution in [1.82, 2.24) is 19.9 Å². The monoisotopic (exact) mass is 674 g/mol. The molecule has 0 saturated carbocycles. The van der Waals surface area contributed by atoms with Gasteiger partial charge in [0.2, 0.25) is 0 Å². The maximum absolute atomic E-state index is 17.0. The second kappa shape index (κ2) is 14.7. The van der Waals surface area contributed by atoms with Gasteiger partial charge in [-0.3, -0.25) is 9.88 Å². The molecule has 2 aliphatic heterocycles. The number of hydrogen-bond donors (Lipinski definition) is 1. The molecule has 0 radical (unpaired) electrons. The van der Waals surface area contributed by atoms with Gasteiger partial charge in [-0.2, -0.15) is 9.97 Å². The number of hydrogen-bond acceptors (Lipinski definition) is 10. The van der Waals surface area contributed by atoms with E-state index in [-0.39, 0.29) is 42.2 Å². The van der Waals surface area contributed by atoms with Crippen molar-refractivity contribution in [1.29, 1.82) is 0 Å². The van der Waals surface area contributed by atoms with Gasteiger partial charge in [-0.05, 0) is 94.3 Å². The SMILES string of the molecule is CCc1cccc2cc(OCOC)cc(-c3ncc4c(N5CC6CCC(C5)N6C(=O)OC(C)(C)C)nc(OCCCCCN)nc4c3F)c12. The normalized spacial score (nSPS) is 17.6. The number of nitrogens with zero attached hydrogens (tertiary/aromatic N) is 5. The summed E-state index contributed by atoms with van der Waals surface area (Å²) < 4.78 is 39.8. The maximum Gasteiger partial charge on any atom is 0.410 e. The van der Waals surface area contributed by atoms with Crippen LogP contribution < -0.4 is 20.1 Å². The lowest BCUT2D eigenvalue weighted by molar-refractivity contribution is 0.0122. The van der Waals surface area contributed by atoms with E-state index in [9.17, 15) is 4.79 Å². The number of anilines is 1. The van der Waals surface area contributed by atoms with Crippen LogP contribution in [0.25, 0.3) is 32.9 Å². The number of nitrogens with two attached hydrogens (primary N) is 1. The van der Waals surface area contributed by atoms with Crippen molar-refractivity contribution in [2.24, 2.45) is 5.73 Å². The second-order valence-electron chi connectivity index (χ2n) is 13.8. The molecular weight excluding hydrogens is 627 g/mol. The third-order valence-electron chi connectivity index (χ3n) is 9.13. The molecule has 2 bridgehead atoms. The van der Waals surface area contributed by atoms with E-state index in [1.165, 1.54) is 0 Å². The molecule has 2 aliphatic rings. The molecule has 12 heteroatoms. The highest BCUT2D eigenvalue weighted by molar-refractivity contribution is 6.01. The molecular formula is C37H47FN6O5. The van der Waals surface area contributed by atoms with Gasteiger partial charge in [-0.15, -0.1) is 0 Å². The second-order valence-corrected chi connectivity index (χ2v) is 13.8. The third kappa shape index (κ3) is 7.35. The Kier molecular flexibility index (Phi) is 10.4. The minimum atomic E-state index is -0.591. The molecule has 2 fully saturated rings. The summed E-state index contributed by atoms with van der Waals surface area (Å²) in [5.74, 6) is 0.514. The van der Waals surface area contributed by atoms with E-state index in [2.05, 4.69) is 16.8 Å². The average Bonchev–Trinajstić information content (AvgIpc) is 3.35. The Balaban J connectivity index is 1.43. The van der Waals surface area contributed by atoms with E-state index in [4.69, 9.17) is 34.6 Å². The van der Waals surface area contributed by atoms with Crippen LogP contribution in [0.15, 0.2) is 36.5 Å². The highest BCUT2D eigenvalue weighted by Crippen LogP contribution is 2.40. The van der Waals surface area contributed by atoms with E-state index in [0.29, 0.717) is 48.8 Å². The molecule has 2 unspecified atom stereocenters. The standard InChI is InChI=1S/C37H47FN6O5/c1-6-23-11-10-12-24-17-27(48-22-46-5)18-28(30(23)24)32-31(38)33-29(19-40-32)34(42-35(41-33)47-16-9-7-8-15-39)43-20-25-13-14-26(21-43)44(25)36(45)49-37(2,3)4/h10-12,17-19,25-26H,6-9,13-16,20-22,39H2,1-5H3. The molecule has 0 spiro atoms. The Bertz CT molecular complexity index is 1800. The molecule has 2 N–H and O–H groups in total. The lowest BCUT2D eigenvalue weighted by Crippen LogP contribution is -2.57. The summed E-state index contributed by atoms with van der Waals surface area (Å²) in [6.45, 7) is 9.78. The molecule has 2 aromatic heterocycles. The van der Waals surface area contributed by atoms with E-state index in [1.54, 1.807) is 13.3 Å². The number of ether oxygens (including phenoxy) is 4. The first-order chi connectivity index (χ1) is 23.6. The summed E-state index contributed by atoms with van der Waals surface area (Å²) in [7, 11) is 1.56. The molecule has 262 valence electrons. The van der Waals surface area contributed by atoms with Gasteiger partial charge in [0, 0.05) is 32.0 Å². The molecule has 2 atom stereocenters. The fourth-order valence-electron chi connectivity index (χ4n) is 6.96. The van der Waals surface area contributed by atoms with Gasteiger partial charge in [0.15, 0.2) is 12.6 Å². The summed E-state index contributed by atoms with van der Waals surface area (Å²) in [5, 5.41) is 2.29. The number of halogens is 1. The number of rotatable bonds is 12. The van der Waals surface area contributed by atoms with Crippen LogP contribution in [0.2, 0.25) is 0 Å². The molecule has 49 heavy (non-hydrogen) atoms. The number of aromatic nitrogens is 3. The van der Waals surface area contributed by atoms with Crippen LogP contribution in [0.5, 0.6) is 11.8 Å². The van der Waals surface area contributed by atoms with Crippen LogP contribution in [-0.4, -0.2) is 83.8 Å². The number of methoxy groups -OCH3 is 1. The first-order valence-electron chi connectivity index (χ1n) is 17.2. The van der Waals surface area contributed by atoms with Gasteiger partial charge >= 0.3 is 12.1 Å². The largest absolute Gasteiger partial charge is 0.468 e. The predicted molar refractivity (Wildman–Crippen MR) is 188 cm³/mol. The van der Waals surface area contributed by atoms with Gasteiger partial charge in [-0.1, -0.05) is 25.1 Å². The third-order valence-corrected chi connectivity index (χ3v) is 9.13. The number of carbonyl (C=O) groups excluding carboxylic acids is 1. The molecule has 0 aliphatic carbocycles. The molecule has 2 saturated heterocycles. The van der Waals surface area contributed by atoms with Crippen LogP contribution in [0.3, 0.4) is 0 Å². The summed E-state index contributed by atoms with van der Waals surface area (Å²) in [6.07, 6.45) is 6.37. The van der Waals surface area contributed by atoms with Gasteiger partial charge in [-0.25, -0.2) is 9.18 Å². The van der Waals surface area contributed by atoms with Crippen LogP contribution in [0, 0.1) is 5.82 Å². The molecule has 6 rings (SSSR count). The number of benzene rings is 2. The summed E-state index contributed by atoms with van der Waals surface area (Å²) in [5.41, 5.74) is 7.04. The van der Waals surface area contributed by atoms with Crippen molar-refractivity contribution in [3.63, 3.8) is 0 Å². The number of unbranched alkanes of at least 4 members (excludes halogenated alkanes) is 2. The summed E-state index contributed by atoms with van der Waals surface area (Å²) in [6, 6.07) is 9.72. The van der Waals surface area contributed by atoms with Crippen LogP contribution in [0.1, 0.15) is 65.4 Å². The summed E-state index contributed by atoms with van der Waals surface area (Å²) >= 11 is 0. The van der Waals surface area contributed by atoms with E-state index in [1.807, 2.05) is 56.0 Å². The number of aryl methyl sites for hydroxylation is 1. The zero-order valence-electron chi connectivity index (χ0n) is 29.1. The minimum Gasteiger partial charge on any atom is -0.468 e. The number of piperazine rings is 1. The number of pyridine rings is 1. The van der Waals surface area contributed by atoms with Gasteiger partial charge in [0.05, 0.1) is 24.1 Å². The molecule has 1 amide bonds. The fourth-order valence-corrected chi connectivity index (χ4v) is 6.96. The van der Waals surface area contributed by atoms with E-state index >= 15 is 4.39 Å². The number of carbonyl (C=O) groups is 1. The van der Waals surface area contributed by atoms with Crippen molar-refractivity contribution in [2.45, 2.75) is 83.9 Å². The zero-order chi connectivity index (χ0) is 34.7.